The quantitative estimate of drug-likeness (QED) is 0.669. The molecule has 21 heavy (non-hydrogen) atoms. The Bertz CT molecular complexity index is 420. The zero-order chi connectivity index (χ0) is 15.4. The summed E-state index contributed by atoms with van der Waals surface area (Å²) in [4.78, 5) is 36.9. The van der Waals surface area contributed by atoms with Gasteiger partial charge in [-0.3, -0.25) is 14.4 Å². The largest absolute Gasteiger partial charge is 0.465 e. The Balaban J connectivity index is 1.71. The summed E-state index contributed by atoms with van der Waals surface area (Å²) in [6.45, 7) is 4.47. The highest BCUT2D eigenvalue weighted by Gasteiger charge is 2.39. The third kappa shape index (κ3) is 4.72. The number of nitrogens with zero attached hydrogens (tertiary/aromatic N) is 1. The number of esters is 1. The first-order chi connectivity index (χ1) is 10.0. The number of carbonyl (C=O) groups is 3. The van der Waals surface area contributed by atoms with Crippen molar-refractivity contribution in [2.24, 2.45) is 11.8 Å². The van der Waals surface area contributed by atoms with Crippen LogP contribution >= 0.6 is 0 Å². The van der Waals surface area contributed by atoms with E-state index in [9.17, 15) is 14.4 Å². The Labute approximate surface area is 125 Å². The van der Waals surface area contributed by atoms with E-state index in [0.29, 0.717) is 19.1 Å². The molecule has 2 saturated carbocycles. The first-order valence-electron chi connectivity index (χ1n) is 7.75. The molecule has 0 radical (unpaired) electrons. The van der Waals surface area contributed by atoms with Crippen LogP contribution in [0.5, 0.6) is 0 Å². The van der Waals surface area contributed by atoms with Crippen LogP contribution in [0, 0.1) is 11.8 Å². The Morgan fingerprint density at radius 3 is 2.48 bits per heavy atom. The van der Waals surface area contributed by atoms with Crippen molar-refractivity contribution < 1.29 is 19.1 Å². The van der Waals surface area contributed by atoms with Crippen molar-refractivity contribution >= 4 is 17.8 Å². The van der Waals surface area contributed by atoms with Crippen molar-refractivity contribution in [3.63, 3.8) is 0 Å². The zero-order valence-corrected chi connectivity index (χ0v) is 12.8. The maximum Gasteiger partial charge on any atom is 0.325 e. The number of nitrogens with one attached hydrogen (secondary N) is 1. The van der Waals surface area contributed by atoms with Crippen molar-refractivity contribution in [3.05, 3.63) is 0 Å². The van der Waals surface area contributed by atoms with Gasteiger partial charge in [0.2, 0.25) is 11.8 Å². The predicted molar refractivity (Wildman–Crippen MR) is 76.3 cm³/mol. The van der Waals surface area contributed by atoms with Gasteiger partial charge in [-0.2, -0.15) is 0 Å². The van der Waals surface area contributed by atoms with Crippen molar-refractivity contribution in [3.8, 4) is 0 Å². The summed E-state index contributed by atoms with van der Waals surface area (Å²) >= 11 is 0. The molecule has 6 heteroatoms. The van der Waals surface area contributed by atoms with E-state index in [0.717, 1.165) is 19.3 Å². The molecule has 118 valence electrons. The van der Waals surface area contributed by atoms with E-state index in [-0.39, 0.29) is 42.7 Å². The van der Waals surface area contributed by atoms with Gasteiger partial charge in [0.15, 0.2) is 0 Å². The summed E-state index contributed by atoms with van der Waals surface area (Å²) in [6, 6.07) is 0.168. The Morgan fingerprint density at radius 2 is 1.95 bits per heavy atom. The molecule has 2 atom stereocenters. The minimum absolute atomic E-state index is 0.0188. The van der Waals surface area contributed by atoms with E-state index >= 15 is 0 Å². The lowest BCUT2D eigenvalue weighted by atomic mass is 10.3. The van der Waals surface area contributed by atoms with Gasteiger partial charge < -0.3 is 15.0 Å². The lowest BCUT2D eigenvalue weighted by Gasteiger charge is -2.21. The molecule has 0 aromatic rings. The van der Waals surface area contributed by atoms with Crippen LogP contribution in [0.15, 0.2) is 0 Å². The molecule has 0 spiro atoms. The van der Waals surface area contributed by atoms with E-state index in [1.165, 1.54) is 0 Å². The van der Waals surface area contributed by atoms with E-state index in [2.05, 4.69) is 5.32 Å². The average Bonchev–Trinajstić information content (AvgIpc) is 3.31. The number of hydrogen-bond donors (Lipinski definition) is 1. The van der Waals surface area contributed by atoms with E-state index < -0.39 is 0 Å². The highest BCUT2D eigenvalue weighted by atomic mass is 16.5. The lowest BCUT2D eigenvalue weighted by Crippen LogP contribution is -2.40. The van der Waals surface area contributed by atoms with E-state index in [1.807, 2.05) is 6.92 Å². The van der Waals surface area contributed by atoms with Crippen LogP contribution in [0.2, 0.25) is 0 Å². The molecule has 2 unspecified atom stereocenters. The fraction of sp³-hybridized carbons (Fsp3) is 0.800. The van der Waals surface area contributed by atoms with Crippen molar-refractivity contribution in [1.29, 1.82) is 0 Å². The van der Waals surface area contributed by atoms with Crippen molar-refractivity contribution in [2.75, 3.05) is 19.7 Å². The second-order valence-corrected chi connectivity index (χ2v) is 5.92. The second-order valence-electron chi connectivity index (χ2n) is 5.92. The third-order valence-corrected chi connectivity index (χ3v) is 4.00. The monoisotopic (exact) mass is 296 g/mol. The fourth-order valence-corrected chi connectivity index (χ4v) is 2.41. The molecule has 2 rings (SSSR count). The van der Waals surface area contributed by atoms with Crippen molar-refractivity contribution in [2.45, 2.75) is 45.6 Å². The molecule has 0 aliphatic heterocycles. The molecule has 0 aromatic carbocycles. The van der Waals surface area contributed by atoms with Crippen LogP contribution in [-0.4, -0.2) is 48.4 Å². The Kier molecular flexibility index (Phi) is 5.20. The van der Waals surface area contributed by atoms with Gasteiger partial charge in [-0.1, -0.05) is 6.92 Å². The molecule has 2 amide bonds. The normalized spacial score (nSPS) is 23.3. The second kappa shape index (κ2) is 6.91. The van der Waals surface area contributed by atoms with Crippen LogP contribution < -0.4 is 5.32 Å². The highest BCUT2D eigenvalue weighted by molar-refractivity contribution is 5.84. The van der Waals surface area contributed by atoms with E-state index in [1.54, 1.807) is 11.8 Å². The summed E-state index contributed by atoms with van der Waals surface area (Å²) in [5.74, 6) is 0.175. The minimum Gasteiger partial charge on any atom is -0.465 e. The number of amides is 2. The van der Waals surface area contributed by atoms with Gasteiger partial charge in [0.1, 0.15) is 6.54 Å². The standard InChI is InChI=1S/C15H24N2O4/c1-3-21-14(19)9-17(11-4-5-11)13(18)6-7-16-15(20)12-8-10(12)2/h10-12H,3-9H2,1-2H3,(H,16,20). The highest BCUT2D eigenvalue weighted by Crippen LogP contribution is 2.37. The topological polar surface area (TPSA) is 75.7 Å². The van der Waals surface area contributed by atoms with Crippen LogP contribution in [0.1, 0.15) is 39.5 Å². The molecule has 0 heterocycles. The maximum atomic E-state index is 12.2. The number of carbonyl (C=O) groups excluding carboxylic acids is 3. The predicted octanol–water partition coefficient (Wildman–Crippen LogP) is 0.703. The molecule has 2 fully saturated rings. The lowest BCUT2D eigenvalue weighted by molar-refractivity contribution is -0.149. The minimum atomic E-state index is -0.367. The van der Waals surface area contributed by atoms with Gasteiger partial charge in [0.05, 0.1) is 6.61 Å². The number of ether oxygens (including phenoxy) is 1. The molecule has 0 aromatic heterocycles. The van der Waals surface area contributed by atoms with Crippen LogP contribution in [0.25, 0.3) is 0 Å². The Morgan fingerprint density at radius 1 is 1.29 bits per heavy atom. The number of rotatable bonds is 8. The number of hydrogen-bond acceptors (Lipinski definition) is 4. The van der Waals surface area contributed by atoms with Gasteiger partial charge in [-0.25, -0.2) is 0 Å². The molecule has 6 nitrogen and oxygen atoms in total. The van der Waals surface area contributed by atoms with Gasteiger partial charge in [-0.05, 0) is 32.1 Å². The van der Waals surface area contributed by atoms with Crippen LogP contribution in [-0.2, 0) is 19.1 Å². The summed E-state index contributed by atoms with van der Waals surface area (Å²) in [5.41, 5.74) is 0. The Hall–Kier alpha value is -1.59. The molecular weight excluding hydrogens is 272 g/mol. The summed E-state index contributed by atoms with van der Waals surface area (Å²) in [7, 11) is 0. The first kappa shape index (κ1) is 15.8. The average molecular weight is 296 g/mol. The van der Waals surface area contributed by atoms with Gasteiger partial charge >= 0.3 is 5.97 Å². The molecule has 0 saturated heterocycles. The molecule has 2 aliphatic carbocycles. The third-order valence-electron chi connectivity index (χ3n) is 4.00. The van der Waals surface area contributed by atoms with Crippen LogP contribution in [0.4, 0.5) is 0 Å². The smallest absolute Gasteiger partial charge is 0.325 e. The fourth-order valence-electron chi connectivity index (χ4n) is 2.41. The first-order valence-corrected chi connectivity index (χ1v) is 7.75. The molecule has 2 aliphatic rings. The van der Waals surface area contributed by atoms with Crippen molar-refractivity contribution in [1.82, 2.24) is 10.2 Å². The SMILES string of the molecule is CCOC(=O)CN(C(=O)CCNC(=O)C1CC1C)C1CC1. The molecule has 0 bridgehead atoms. The summed E-state index contributed by atoms with van der Waals surface area (Å²) in [5, 5.41) is 2.80. The zero-order valence-electron chi connectivity index (χ0n) is 12.8. The maximum absolute atomic E-state index is 12.2. The van der Waals surface area contributed by atoms with E-state index in [4.69, 9.17) is 4.74 Å². The molecular formula is C15H24N2O4. The summed E-state index contributed by atoms with van der Waals surface area (Å²) in [6.07, 6.45) is 3.06. The summed E-state index contributed by atoms with van der Waals surface area (Å²) < 4.78 is 4.89. The van der Waals surface area contributed by atoms with Crippen LogP contribution in [0.3, 0.4) is 0 Å². The molecule has 1 N–H and O–H groups in total. The van der Waals surface area contributed by atoms with Gasteiger partial charge in [-0.15, -0.1) is 0 Å². The van der Waals surface area contributed by atoms with Gasteiger partial charge in [0.25, 0.3) is 0 Å². The van der Waals surface area contributed by atoms with Gasteiger partial charge in [0, 0.05) is 24.9 Å².